The largest absolute Gasteiger partial charge is 0.465 e. The van der Waals surface area contributed by atoms with E-state index in [4.69, 9.17) is 4.74 Å². The van der Waals surface area contributed by atoms with Crippen LogP contribution in [0.4, 0.5) is 13.2 Å². The molecule has 2 aromatic rings. The monoisotopic (exact) mass is 508 g/mol. The van der Waals surface area contributed by atoms with Crippen LogP contribution in [0, 0.1) is 5.92 Å². The van der Waals surface area contributed by atoms with Crippen LogP contribution in [0.25, 0.3) is 0 Å². The summed E-state index contributed by atoms with van der Waals surface area (Å²) in [6.45, 7) is 3.75. The van der Waals surface area contributed by atoms with Crippen molar-refractivity contribution in [1.29, 1.82) is 0 Å². The minimum absolute atomic E-state index is 0.00175. The highest BCUT2D eigenvalue weighted by Gasteiger charge is 2.38. The molecule has 0 radical (unpaired) electrons. The molecule has 11 heteroatoms. The number of pyridine rings is 1. The quantitative estimate of drug-likeness (QED) is 0.589. The van der Waals surface area contributed by atoms with Gasteiger partial charge < -0.3 is 15.0 Å². The van der Waals surface area contributed by atoms with Crippen LogP contribution in [0.1, 0.15) is 56.0 Å². The number of hydrogen-bond donors (Lipinski definition) is 1. The normalized spacial score (nSPS) is 21.9. The summed E-state index contributed by atoms with van der Waals surface area (Å²) >= 11 is 0. The molecule has 198 valence electrons. The minimum Gasteiger partial charge on any atom is -0.465 e. The Morgan fingerprint density at radius 3 is 2.64 bits per heavy atom. The van der Waals surface area contributed by atoms with Crippen LogP contribution in [0.5, 0.6) is 5.88 Å². The lowest BCUT2D eigenvalue weighted by Crippen LogP contribution is -2.39. The van der Waals surface area contributed by atoms with Crippen LogP contribution >= 0.6 is 0 Å². The molecule has 1 amide bonds. The number of nitrogens with zero attached hydrogens (tertiary/aromatic N) is 5. The predicted octanol–water partition coefficient (Wildman–Crippen LogP) is 3.25. The number of rotatable bonds is 8. The first-order chi connectivity index (χ1) is 17.2. The van der Waals surface area contributed by atoms with Crippen LogP contribution in [0.15, 0.2) is 18.3 Å². The van der Waals surface area contributed by atoms with Crippen molar-refractivity contribution in [2.75, 3.05) is 19.6 Å². The zero-order chi connectivity index (χ0) is 25.7. The summed E-state index contributed by atoms with van der Waals surface area (Å²) in [5.41, 5.74) is 2.60. The zero-order valence-electron chi connectivity index (χ0n) is 20.9. The molecule has 3 heterocycles. The molecule has 1 aliphatic heterocycles. The van der Waals surface area contributed by atoms with Gasteiger partial charge in [0.1, 0.15) is 0 Å². The summed E-state index contributed by atoms with van der Waals surface area (Å²) in [5, 5.41) is 11.3. The van der Waals surface area contributed by atoms with Gasteiger partial charge in [-0.1, -0.05) is 6.07 Å². The van der Waals surface area contributed by atoms with Crippen molar-refractivity contribution >= 4 is 5.91 Å². The van der Waals surface area contributed by atoms with Crippen molar-refractivity contribution in [3.05, 3.63) is 35.3 Å². The molecule has 1 unspecified atom stereocenters. The number of hydrogen-bond acceptors (Lipinski definition) is 6. The number of amides is 1. The van der Waals surface area contributed by atoms with Crippen LogP contribution in [0.2, 0.25) is 0 Å². The summed E-state index contributed by atoms with van der Waals surface area (Å²) < 4.78 is 43.4. The van der Waals surface area contributed by atoms with E-state index in [9.17, 15) is 18.0 Å². The molecule has 8 nitrogen and oxygen atoms in total. The van der Waals surface area contributed by atoms with E-state index in [1.807, 2.05) is 6.07 Å². The third kappa shape index (κ3) is 7.41. The van der Waals surface area contributed by atoms with E-state index in [-0.39, 0.29) is 24.2 Å². The summed E-state index contributed by atoms with van der Waals surface area (Å²) in [6.07, 6.45) is 2.43. The Bertz CT molecular complexity index is 1020. The van der Waals surface area contributed by atoms with Gasteiger partial charge in [-0.25, -0.2) is 4.98 Å². The van der Waals surface area contributed by atoms with Crippen LogP contribution in [0.3, 0.4) is 0 Å². The van der Waals surface area contributed by atoms with E-state index in [0.29, 0.717) is 18.0 Å². The van der Waals surface area contributed by atoms with Gasteiger partial charge in [-0.15, -0.1) is 0 Å². The standard InChI is InChI=1S/C25H35F3N6O2/c1-17(25(26,27)28)36-24-8-5-19-10-13-34(14-11-22(19)31-24)12-9-18-3-6-20(7-4-18)30-23(35)15-21-16-29-33(2)32-21/h5,8,16-18,20H,3-4,6-7,9-15H2,1-2H3,(H,30,35). The second kappa shape index (κ2) is 11.6. The Morgan fingerprint density at radius 1 is 1.19 bits per heavy atom. The van der Waals surface area contributed by atoms with Crippen molar-refractivity contribution in [1.82, 2.24) is 30.2 Å². The van der Waals surface area contributed by atoms with Gasteiger partial charge in [-0.3, -0.25) is 4.79 Å². The molecule has 0 bridgehead atoms. The van der Waals surface area contributed by atoms with Crippen molar-refractivity contribution in [3.8, 4) is 5.88 Å². The first kappa shape index (κ1) is 26.4. The maximum Gasteiger partial charge on any atom is 0.425 e. The number of alkyl halides is 3. The van der Waals surface area contributed by atoms with Crippen molar-refractivity contribution < 1.29 is 22.7 Å². The molecular weight excluding hydrogens is 473 g/mol. The molecular formula is C25H35F3N6O2. The van der Waals surface area contributed by atoms with E-state index >= 15 is 0 Å². The second-order valence-corrected chi connectivity index (χ2v) is 9.97. The lowest BCUT2D eigenvalue weighted by Gasteiger charge is -2.30. The summed E-state index contributed by atoms with van der Waals surface area (Å²) in [7, 11) is 1.73. The van der Waals surface area contributed by atoms with E-state index in [1.165, 1.54) is 4.80 Å². The van der Waals surface area contributed by atoms with Gasteiger partial charge in [0, 0.05) is 44.4 Å². The van der Waals surface area contributed by atoms with Crippen LogP contribution in [-0.4, -0.2) is 68.7 Å². The maximum absolute atomic E-state index is 12.8. The molecule has 2 aliphatic rings. The zero-order valence-corrected chi connectivity index (χ0v) is 20.9. The molecule has 0 spiro atoms. The molecule has 36 heavy (non-hydrogen) atoms. The lowest BCUT2D eigenvalue weighted by molar-refractivity contribution is -0.190. The number of halogens is 3. The number of aromatic nitrogens is 4. The van der Waals surface area contributed by atoms with E-state index in [0.717, 1.165) is 76.3 Å². The molecule has 0 aromatic carbocycles. The van der Waals surface area contributed by atoms with Crippen LogP contribution < -0.4 is 10.1 Å². The van der Waals surface area contributed by atoms with Gasteiger partial charge in [0.2, 0.25) is 11.8 Å². The average Bonchev–Trinajstić information content (AvgIpc) is 3.12. The third-order valence-electron chi connectivity index (χ3n) is 7.22. The van der Waals surface area contributed by atoms with Gasteiger partial charge in [0.25, 0.3) is 0 Å². The first-order valence-corrected chi connectivity index (χ1v) is 12.7. The summed E-state index contributed by atoms with van der Waals surface area (Å²) in [4.78, 5) is 20.6. The summed E-state index contributed by atoms with van der Waals surface area (Å²) in [5.74, 6) is 0.677. The highest BCUT2D eigenvalue weighted by Crippen LogP contribution is 2.28. The van der Waals surface area contributed by atoms with Crippen LogP contribution in [-0.2, 0) is 31.1 Å². The van der Waals surface area contributed by atoms with Gasteiger partial charge in [-0.2, -0.15) is 28.2 Å². The highest BCUT2D eigenvalue weighted by atomic mass is 19.4. The lowest BCUT2D eigenvalue weighted by atomic mass is 9.84. The van der Waals surface area contributed by atoms with Gasteiger partial charge in [0.05, 0.1) is 18.3 Å². The molecule has 4 rings (SSSR count). The Hall–Kier alpha value is -2.69. The van der Waals surface area contributed by atoms with Crippen molar-refractivity contribution in [2.24, 2.45) is 13.0 Å². The van der Waals surface area contributed by atoms with Crippen molar-refractivity contribution in [2.45, 2.75) is 76.6 Å². The smallest absolute Gasteiger partial charge is 0.425 e. The van der Waals surface area contributed by atoms with E-state index in [2.05, 4.69) is 25.4 Å². The fourth-order valence-corrected chi connectivity index (χ4v) is 5.02. The Balaban J connectivity index is 1.17. The fourth-order valence-electron chi connectivity index (χ4n) is 5.02. The maximum atomic E-state index is 12.8. The number of nitrogens with one attached hydrogen (secondary N) is 1. The predicted molar refractivity (Wildman–Crippen MR) is 127 cm³/mol. The molecule has 0 saturated heterocycles. The van der Waals surface area contributed by atoms with Gasteiger partial charge >= 0.3 is 6.18 Å². The molecule has 1 aliphatic carbocycles. The minimum atomic E-state index is -4.41. The Labute approximate surface area is 209 Å². The molecule has 1 fully saturated rings. The average molecular weight is 509 g/mol. The van der Waals surface area contributed by atoms with E-state index < -0.39 is 12.3 Å². The topological polar surface area (TPSA) is 85.2 Å². The second-order valence-electron chi connectivity index (χ2n) is 9.97. The number of carbonyl (C=O) groups excluding carboxylic acids is 1. The third-order valence-corrected chi connectivity index (χ3v) is 7.22. The molecule has 1 saturated carbocycles. The fraction of sp³-hybridized carbons (Fsp3) is 0.680. The highest BCUT2D eigenvalue weighted by molar-refractivity contribution is 5.78. The Morgan fingerprint density at radius 2 is 1.94 bits per heavy atom. The van der Waals surface area contributed by atoms with E-state index in [1.54, 1.807) is 19.3 Å². The summed E-state index contributed by atoms with van der Waals surface area (Å²) in [6, 6.07) is 3.62. The molecule has 2 aromatic heterocycles. The first-order valence-electron chi connectivity index (χ1n) is 12.7. The number of aryl methyl sites for hydroxylation is 1. The number of carbonyl (C=O) groups is 1. The molecule has 1 atom stereocenters. The number of fused-ring (bicyclic) bond motifs is 1. The SMILES string of the molecule is CC(Oc1ccc2c(n1)CCN(CCC1CCC(NC(=O)Cc3cnn(C)n3)CC1)CC2)C(F)(F)F. The Kier molecular flexibility index (Phi) is 8.48. The van der Waals surface area contributed by atoms with Gasteiger partial charge in [0.15, 0.2) is 6.10 Å². The molecule has 1 N–H and O–H groups in total. The number of ether oxygens (including phenoxy) is 1. The van der Waals surface area contributed by atoms with Gasteiger partial charge in [-0.05, 0) is 63.5 Å². The van der Waals surface area contributed by atoms with Crippen molar-refractivity contribution in [3.63, 3.8) is 0 Å².